The van der Waals surface area contributed by atoms with E-state index in [0.29, 0.717) is 23.3 Å². The largest absolute Gasteiger partial charge is 0.465 e. The summed E-state index contributed by atoms with van der Waals surface area (Å²) in [5.74, 6) is -3.80. The van der Waals surface area contributed by atoms with Gasteiger partial charge in [0.15, 0.2) is 14.6 Å². The third kappa shape index (κ3) is 7.48. The highest BCUT2D eigenvalue weighted by molar-refractivity contribution is 7.92. The Labute approximate surface area is 219 Å². The minimum Gasteiger partial charge on any atom is -0.465 e. The molecule has 11 nitrogen and oxygen atoms in total. The smallest absolute Gasteiger partial charge is 0.337 e. The molecule has 2 aromatic rings. The van der Waals surface area contributed by atoms with E-state index in [1.165, 1.54) is 28.7 Å². The molecule has 202 valence electrons. The molecule has 0 N–H and O–H groups in total. The summed E-state index contributed by atoms with van der Waals surface area (Å²) in [7, 11) is -2.82. The van der Waals surface area contributed by atoms with E-state index >= 15 is 0 Å². The predicted octanol–water partition coefficient (Wildman–Crippen LogP) is 1.40. The molecule has 0 spiro atoms. The highest BCUT2D eigenvalue weighted by atomic mass is 32.2. The van der Waals surface area contributed by atoms with Gasteiger partial charge in [0.1, 0.15) is 18.1 Å². The number of thiazole rings is 1. The van der Waals surface area contributed by atoms with Crippen molar-refractivity contribution in [1.29, 1.82) is 0 Å². The molecule has 37 heavy (non-hydrogen) atoms. The lowest BCUT2D eigenvalue weighted by Gasteiger charge is -2.34. The Morgan fingerprint density at radius 1 is 1.11 bits per heavy atom. The quantitative estimate of drug-likeness (QED) is 0.447. The fourth-order valence-corrected chi connectivity index (χ4v) is 6.60. The van der Waals surface area contributed by atoms with E-state index in [0.717, 1.165) is 17.8 Å². The number of sulfone groups is 1. The number of likely N-dealkylation sites (tertiary alicyclic amines) is 1. The van der Waals surface area contributed by atoms with Crippen molar-refractivity contribution in [3.63, 3.8) is 0 Å². The first kappa shape index (κ1) is 28.5. The Morgan fingerprint density at radius 2 is 1.78 bits per heavy atom. The number of fused-ring (bicyclic) bond motifs is 1. The Morgan fingerprint density at radius 3 is 2.41 bits per heavy atom. The van der Waals surface area contributed by atoms with Crippen molar-refractivity contribution in [2.24, 2.45) is 16.8 Å². The molecule has 2 heterocycles. The molecule has 1 aromatic carbocycles. The second kappa shape index (κ2) is 12.0. The lowest BCUT2D eigenvalue weighted by Crippen LogP contribution is -2.45. The summed E-state index contributed by atoms with van der Waals surface area (Å²) < 4.78 is 37.0. The maximum Gasteiger partial charge on any atom is 0.337 e. The molecular weight excluding hydrogens is 522 g/mol. The number of carbonyl (C=O) groups is 4. The maximum atomic E-state index is 12.7. The van der Waals surface area contributed by atoms with Crippen molar-refractivity contribution < 1.29 is 37.1 Å². The van der Waals surface area contributed by atoms with Crippen molar-refractivity contribution in [1.82, 2.24) is 9.47 Å². The van der Waals surface area contributed by atoms with Gasteiger partial charge in [-0.2, -0.15) is 4.99 Å². The van der Waals surface area contributed by atoms with Crippen LogP contribution in [0.4, 0.5) is 0 Å². The van der Waals surface area contributed by atoms with Crippen LogP contribution in [0.2, 0.25) is 0 Å². The number of hydrogen-bond donors (Lipinski definition) is 0. The average molecular weight is 554 g/mol. The zero-order chi connectivity index (χ0) is 27.3. The molecule has 0 saturated carbocycles. The number of aromatic nitrogens is 1. The molecule has 2 unspecified atom stereocenters. The van der Waals surface area contributed by atoms with E-state index in [1.807, 2.05) is 13.8 Å². The number of methoxy groups -OCH3 is 1. The van der Waals surface area contributed by atoms with E-state index in [-0.39, 0.29) is 35.4 Å². The van der Waals surface area contributed by atoms with Crippen LogP contribution in [0.1, 0.15) is 37.6 Å². The summed E-state index contributed by atoms with van der Waals surface area (Å²) in [4.78, 5) is 55.0. The molecule has 0 bridgehead atoms. The van der Waals surface area contributed by atoms with Crippen molar-refractivity contribution in [2.45, 2.75) is 33.7 Å². The summed E-state index contributed by atoms with van der Waals surface area (Å²) in [6.07, 6.45) is 0.968. The molecule has 0 radical (unpaired) electrons. The fourth-order valence-electron chi connectivity index (χ4n) is 4.42. The normalized spacial score (nSPS) is 18.6. The predicted molar refractivity (Wildman–Crippen MR) is 137 cm³/mol. The molecular formula is C24H31N3O8S2. The van der Waals surface area contributed by atoms with E-state index < -0.39 is 45.1 Å². The third-order valence-electron chi connectivity index (χ3n) is 5.83. The van der Waals surface area contributed by atoms with Gasteiger partial charge in [0.05, 0.1) is 29.5 Å². The second-order valence-corrected chi connectivity index (χ2v) is 12.3. The van der Waals surface area contributed by atoms with Crippen LogP contribution in [-0.4, -0.2) is 79.9 Å². The Kier molecular flexibility index (Phi) is 9.24. The SMILES string of the molecule is CCOC(=O)Cn1c(=NC(=O)CS(=O)(=O)CC(=O)N2CC(C)CC(C)C2)sc2cc(C(=O)OC)ccc21. The van der Waals surface area contributed by atoms with Crippen LogP contribution in [0.5, 0.6) is 0 Å². The van der Waals surface area contributed by atoms with Gasteiger partial charge in [-0.05, 0) is 43.4 Å². The minimum atomic E-state index is -4.07. The number of hydrogen-bond acceptors (Lipinski definition) is 9. The Hall–Kier alpha value is -3.06. The van der Waals surface area contributed by atoms with Gasteiger partial charge in [0, 0.05) is 13.1 Å². The summed E-state index contributed by atoms with van der Waals surface area (Å²) in [6.45, 7) is 6.53. The van der Waals surface area contributed by atoms with Crippen molar-refractivity contribution in [3.05, 3.63) is 28.6 Å². The van der Waals surface area contributed by atoms with Gasteiger partial charge in [-0.15, -0.1) is 0 Å². The van der Waals surface area contributed by atoms with Gasteiger partial charge in [0.2, 0.25) is 5.91 Å². The van der Waals surface area contributed by atoms with Gasteiger partial charge in [-0.1, -0.05) is 25.2 Å². The van der Waals surface area contributed by atoms with Crippen molar-refractivity contribution in [3.8, 4) is 0 Å². The van der Waals surface area contributed by atoms with Crippen LogP contribution in [-0.2, 0) is 40.2 Å². The van der Waals surface area contributed by atoms with Gasteiger partial charge >= 0.3 is 11.9 Å². The second-order valence-electron chi connectivity index (χ2n) is 9.23. The van der Waals surface area contributed by atoms with E-state index in [9.17, 15) is 27.6 Å². The average Bonchev–Trinajstić information content (AvgIpc) is 3.12. The lowest BCUT2D eigenvalue weighted by atomic mass is 9.92. The monoisotopic (exact) mass is 553 g/mol. The molecule has 1 aromatic heterocycles. The maximum absolute atomic E-state index is 12.7. The standard InChI is InChI=1S/C24H31N3O8S2/c1-5-35-22(30)12-27-18-7-6-17(23(31)34-4)9-19(18)36-24(27)25-20(28)13-37(32,33)14-21(29)26-10-15(2)8-16(3)11-26/h6-7,9,15-16H,5,8,10-14H2,1-4H3. The zero-order valence-corrected chi connectivity index (χ0v) is 22.9. The van der Waals surface area contributed by atoms with Gasteiger partial charge in [-0.25, -0.2) is 13.2 Å². The summed E-state index contributed by atoms with van der Waals surface area (Å²) in [5.41, 5.74) is 0.767. The first-order valence-corrected chi connectivity index (χ1v) is 14.5. The van der Waals surface area contributed by atoms with Crippen LogP contribution in [0, 0.1) is 11.8 Å². The molecule has 2 amide bonds. The van der Waals surface area contributed by atoms with Gasteiger partial charge in [0.25, 0.3) is 5.91 Å². The van der Waals surface area contributed by atoms with Crippen LogP contribution in [0.3, 0.4) is 0 Å². The molecule has 1 saturated heterocycles. The van der Waals surface area contributed by atoms with Gasteiger partial charge < -0.3 is 18.9 Å². The Bertz CT molecular complexity index is 1370. The van der Waals surface area contributed by atoms with Gasteiger partial charge in [-0.3, -0.25) is 14.4 Å². The number of benzene rings is 1. The summed E-state index contributed by atoms with van der Waals surface area (Å²) in [5, 5.41) is 0. The molecule has 3 rings (SSSR count). The number of rotatable bonds is 8. The van der Waals surface area contributed by atoms with Crippen LogP contribution in [0.15, 0.2) is 23.2 Å². The lowest BCUT2D eigenvalue weighted by molar-refractivity contribution is -0.143. The van der Waals surface area contributed by atoms with Crippen LogP contribution < -0.4 is 4.80 Å². The molecule has 1 aliphatic heterocycles. The molecule has 13 heteroatoms. The summed E-state index contributed by atoms with van der Waals surface area (Å²) in [6, 6.07) is 4.62. The Balaban J connectivity index is 1.86. The number of esters is 2. The minimum absolute atomic E-state index is 0.0651. The van der Waals surface area contributed by atoms with E-state index in [2.05, 4.69) is 4.99 Å². The van der Waals surface area contributed by atoms with E-state index in [4.69, 9.17) is 9.47 Å². The number of carbonyl (C=O) groups excluding carboxylic acids is 4. The molecule has 1 aliphatic rings. The number of amides is 2. The number of ether oxygens (including phenoxy) is 2. The topological polar surface area (TPSA) is 141 Å². The molecule has 0 aliphatic carbocycles. The first-order chi connectivity index (χ1) is 17.4. The summed E-state index contributed by atoms with van der Waals surface area (Å²) >= 11 is 1.01. The molecule has 1 fully saturated rings. The highest BCUT2D eigenvalue weighted by Crippen LogP contribution is 2.22. The van der Waals surface area contributed by atoms with Crippen molar-refractivity contribution >= 4 is 55.1 Å². The van der Waals surface area contributed by atoms with Crippen LogP contribution >= 0.6 is 11.3 Å². The third-order valence-corrected chi connectivity index (χ3v) is 8.24. The van der Waals surface area contributed by atoms with E-state index in [1.54, 1.807) is 13.0 Å². The molecule has 2 atom stereocenters. The zero-order valence-electron chi connectivity index (χ0n) is 21.3. The fraction of sp³-hybridized carbons (Fsp3) is 0.542. The number of nitrogens with zero attached hydrogens (tertiary/aromatic N) is 3. The first-order valence-electron chi connectivity index (χ1n) is 11.9. The van der Waals surface area contributed by atoms with Crippen molar-refractivity contribution in [2.75, 3.05) is 38.3 Å². The van der Waals surface area contributed by atoms with Crippen LogP contribution in [0.25, 0.3) is 10.2 Å². The number of piperidine rings is 1. The highest BCUT2D eigenvalue weighted by Gasteiger charge is 2.29.